The summed E-state index contributed by atoms with van der Waals surface area (Å²) in [5.41, 5.74) is -0.0682. The Kier molecular flexibility index (Phi) is 9.74. The van der Waals surface area contributed by atoms with Gasteiger partial charge in [0.2, 0.25) is 0 Å². The number of halogens is 1. The Morgan fingerprint density at radius 1 is 1.21 bits per heavy atom. The molecule has 2 fully saturated rings. The molecule has 1 aliphatic heterocycles. The summed E-state index contributed by atoms with van der Waals surface area (Å²) in [6.45, 7) is 6.62. The zero-order chi connectivity index (χ0) is 19.8. The fourth-order valence-electron chi connectivity index (χ4n) is 4.14. The number of amides is 1. The molecule has 1 saturated heterocycles. The summed E-state index contributed by atoms with van der Waals surface area (Å²) in [6.07, 6.45) is 8.58. The largest absolute Gasteiger partial charge is 0.459 e. The van der Waals surface area contributed by atoms with Gasteiger partial charge in [0, 0.05) is 46.4 Å². The van der Waals surface area contributed by atoms with Gasteiger partial charge in [-0.1, -0.05) is 26.2 Å². The van der Waals surface area contributed by atoms with Crippen LogP contribution in [-0.4, -0.2) is 73.6 Å². The maximum absolute atomic E-state index is 12.4. The molecule has 1 saturated carbocycles. The minimum atomic E-state index is -0.0682. The summed E-state index contributed by atoms with van der Waals surface area (Å²) in [7, 11) is 1.82. The zero-order valence-electron chi connectivity index (χ0n) is 17.7. The Morgan fingerprint density at radius 3 is 2.48 bits per heavy atom. The molecule has 1 amide bonds. The molecule has 7 nitrogen and oxygen atoms in total. The maximum atomic E-state index is 12.4. The Morgan fingerprint density at radius 2 is 1.90 bits per heavy atom. The van der Waals surface area contributed by atoms with Crippen LogP contribution in [0.5, 0.6) is 0 Å². The first-order chi connectivity index (χ1) is 13.7. The van der Waals surface area contributed by atoms with Gasteiger partial charge in [-0.15, -0.1) is 24.0 Å². The lowest BCUT2D eigenvalue weighted by molar-refractivity contribution is -0.0660. The Bertz CT molecular complexity index is 636. The van der Waals surface area contributed by atoms with Gasteiger partial charge in [-0.3, -0.25) is 9.79 Å². The summed E-state index contributed by atoms with van der Waals surface area (Å²) in [5, 5.41) is 3.56. The van der Waals surface area contributed by atoms with Gasteiger partial charge in [0.15, 0.2) is 11.7 Å². The lowest BCUT2D eigenvalue weighted by atomic mass is 9.84. The molecule has 0 unspecified atom stereocenters. The van der Waals surface area contributed by atoms with Crippen LogP contribution in [0.3, 0.4) is 0 Å². The number of carbonyl (C=O) groups excluding carboxylic acids is 1. The smallest absolute Gasteiger partial charge is 0.289 e. The number of furan rings is 1. The molecule has 1 aromatic rings. The van der Waals surface area contributed by atoms with Crippen LogP contribution >= 0.6 is 24.0 Å². The van der Waals surface area contributed by atoms with Crippen molar-refractivity contribution in [3.8, 4) is 0 Å². The van der Waals surface area contributed by atoms with E-state index in [1.54, 1.807) is 12.1 Å². The first kappa shape index (κ1) is 24.0. The number of guanidine groups is 1. The Labute approximate surface area is 191 Å². The maximum Gasteiger partial charge on any atom is 0.289 e. The first-order valence-corrected chi connectivity index (χ1v) is 10.6. The third kappa shape index (κ3) is 6.34. The summed E-state index contributed by atoms with van der Waals surface area (Å²) in [5.74, 6) is 1.26. The molecule has 0 radical (unpaired) electrons. The van der Waals surface area contributed by atoms with E-state index in [1.807, 2.05) is 11.9 Å². The van der Waals surface area contributed by atoms with Crippen LogP contribution in [0.25, 0.3) is 0 Å². The van der Waals surface area contributed by atoms with Gasteiger partial charge >= 0.3 is 0 Å². The van der Waals surface area contributed by atoms with Gasteiger partial charge in [-0.25, -0.2) is 0 Å². The molecule has 2 aliphatic rings. The van der Waals surface area contributed by atoms with Crippen LogP contribution in [0.2, 0.25) is 0 Å². The van der Waals surface area contributed by atoms with Crippen LogP contribution in [0.1, 0.15) is 56.0 Å². The first-order valence-electron chi connectivity index (χ1n) is 10.6. The number of piperazine rings is 1. The lowest BCUT2D eigenvalue weighted by Gasteiger charge is -2.40. The van der Waals surface area contributed by atoms with Crippen molar-refractivity contribution in [3.05, 3.63) is 24.2 Å². The van der Waals surface area contributed by atoms with Gasteiger partial charge in [0.25, 0.3) is 5.91 Å². The fourth-order valence-corrected chi connectivity index (χ4v) is 4.14. The molecule has 0 bridgehead atoms. The number of nitrogens with one attached hydrogen (secondary N) is 1. The van der Waals surface area contributed by atoms with Gasteiger partial charge in [0.1, 0.15) is 0 Å². The molecule has 8 heteroatoms. The van der Waals surface area contributed by atoms with Crippen molar-refractivity contribution in [2.45, 2.75) is 51.0 Å². The van der Waals surface area contributed by atoms with Gasteiger partial charge in [0.05, 0.1) is 11.9 Å². The molecule has 164 valence electrons. The molecular weight excluding hydrogens is 483 g/mol. The fraction of sp³-hybridized carbons (Fsp3) is 0.714. The summed E-state index contributed by atoms with van der Waals surface area (Å²) in [6, 6.07) is 3.46. The van der Waals surface area contributed by atoms with Crippen molar-refractivity contribution in [3.63, 3.8) is 0 Å². The molecule has 0 spiro atoms. The van der Waals surface area contributed by atoms with Gasteiger partial charge in [-0.05, 0) is 31.4 Å². The predicted octanol–water partition coefficient (Wildman–Crippen LogP) is 3.36. The third-order valence-electron chi connectivity index (χ3n) is 5.76. The van der Waals surface area contributed by atoms with Gasteiger partial charge in [-0.2, -0.15) is 0 Å². The second-order valence-electron chi connectivity index (χ2n) is 7.75. The Balaban J connectivity index is 0.00000300. The molecule has 1 aromatic heterocycles. The monoisotopic (exact) mass is 518 g/mol. The van der Waals surface area contributed by atoms with E-state index >= 15 is 0 Å². The second-order valence-corrected chi connectivity index (χ2v) is 7.75. The average molecular weight is 518 g/mol. The molecule has 0 atom stereocenters. The van der Waals surface area contributed by atoms with Crippen LogP contribution in [-0.2, 0) is 4.74 Å². The number of rotatable bonds is 6. The van der Waals surface area contributed by atoms with Crippen LogP contribution in [0.15, 0.2) is 27.8 Å². The number of hydrogen-bond acceptors (Lipinski definition) is 4. The normalized spacial score (nSPS) is 19.6. The summed E-state index contributed by atoms with van der Waals surface area (Å²) >= 11 is 0. The number of hydrogen-bond donors (Lipinski definition) is 1. The van der Waals surface area contributed by atoms with Crippen molar-refractivity contribution in [1.82, 2.24) is 15.1 Å². The van der Waals surface area contributed by atoms with Crippen molar-refractivity contribution >= 4 is 35.8 Å². The van der Waals surface area contributed by atoms with Crippen LogP contribution in [0.4, 0.5) is 0 Å². The lowest BCUT2D eigenvalue weighted by Crippen LogP contribution is -2.56. The minimum Gasteiger partial charge on any atom is -0.459 e. The zero-order valence-corrected chi connectivity index (χ0v) is 20.0. The second kappa shape index (κ2) is 11.8. The topological polar surface area (TPSA) is 70.3 Å². The van der Waals surface area contributed by atoms with Crippen molar-refractivity contribution in [2.24, 2.45) is 4.99 Å². The van der Waals surface area contributed by atoms with E-state index in [-0.39, 0.29) is 35.5 Å². The summed E-state index contributed by atoms with van der Waals surface area (Å²) in [4.78, 5) is 21.0. The minimum absolute atomic E-state index is 0. The van der Waals surface area contributed by atoms with Crippen molar-refractivity contribution in [2.75, 3.05) is 46.4 Å². The van der Waals surface area contributed by atoms with Crippen molar-refractivity contribution in [1.29, 1.82) is 0 Å². The van der Waals surface area contributed by atoms with Crippen molar-refractivity contribution < 1.29 is 13.9 Å². The van der Waals surface area contributed by atoms with Gasteiger partial charge < -0.3 is 24.3 Å². The highest BCUT2D eigenvalue weighted by atomic mass is 127. The molecule has 3 rings (SSSR count). The standard InChI is InChI=1S/C21H34N4O3.HI/c1-3-15-28-21(9-5-4-6-10-21)17-23-20(22-2)25-13-11-24(12-14-25)19(26)18-8-7-16-27-18;/h7-8,16H,3-6,9-15,17H2,1-2H3,(H,22,23);1H. The molecule has 1 N–H and O–H groups in total. The predicted molar refractivity (Wildman–Crippen MR) is 125 cm³/mol. The SMILES string of the molecule is CCCOC1(CNC(=NC)N2CCN(C(=O)c3ccco3)CC2)CCCCC1.I. The van der Waals surface area contributed by atoms with E-state index in [4.69, 9.17) is 9.15 Å². The van der Waals surface area contributed by atoms with E-state index in [1.165, 1.54) is 25.5 Å². The quantitative estimate of drug-likeness (QED) is 0.356. The Hall–Kier alpha value is -1.29. The van der Waals surface area contributed by atoms with E-state index in [0.29, 0.717) is 18.8 Å². The highest BCUT2D eigenvalue weighted by Crippen LogP contribution is 2.31. The molecule has 0 aromatic carbocycles. The molecular formula is C21H35IN4O3. The highest BCUT2D eigenvalue weighted by molar-refractivity contribution is 14.0. The number of ether oxygens (including phenoxy) is 1. The van der Waals surface area contributed by atoms with E-state index < -0.39 is 0 Å². The summed E-state index contributed by atoms with van der Waals surface area (Å²) < 4.78 is 11.5. The number of aliphatic imine (C=N–C) groups is 1. The number of nitrogens with zero attached hydrogens (tertiary/aromatic N) is 3. The molecule has 1 aliphatic carbocycles. The average Bonchev–Trinajstić information content (AvgIpc) is 3.28. The van der Waals surface area contributed by atoms with E-state index in [9.17, 15) is 4.79 Å². The molecule has 2 heterocycles. The van der Waals surface area contributed by atoms with Crippen LogP contribution in [0, 0.1) is 0 Å². The van der Waals surface area contributed by atoms with E-state index in [0.717, 1.165) is 51.5 Å². The van der Waals surface area contributed by atoms with E-state index in [2.05, 4.69) is 22.1 Å². The molecule has 29 heavy (non-hydrogen) atoms. The van der Waals surface area contributed by atoms with Crippen LogP contribution < -0.4 is 5.32 Å². The number of carbonyl (C=O) groups is 1. The third-order valence-corrected chi connectivity index (χ3v) is 5.76. The highest BCUT2D eigenvalue weighted by Gasteiger charge is 2.34.